The van der Waals surface area contributed by atoms with Crippen molar-refractivity contribution in [2.45, 2.75) is 18.7 Å². The summed E-state index contributed by atoms with van der Waals surface area (Å²) < 4.78 is 27.8. The van der Waals surface area contributed by atoms with E-state index in [1.807, 2.05) is 13.0 Å². The van der Waals surface area contributed by atoms with E-state index in [0.717, 1.165) is 5.56 Å². The molecule has 0 atom stereocenters. The number of carbonyl (C=O) groups excluding carboxylic acids is 1. The van der Waals surface area contributed by atoms with Crippen molar-refractivity contribution >= 4 is 27.3 Å². The summed E-state index contributed by atoms with van der Waals surface area (Å²) in [6.45, 7) is 3.59. The molecular weight excluding hydrogens is 362 g/mol. The van der Waals surface area contributed by atoms with Gasteiger partial charge in [-0.2, -0.15) is 0 Å². The van der Waals surface area contributed by atoms with Crippen molar-refractivity contribution in [1.29, 1.82) is 0 Å². The first-order valence-electron chi connectivity index (χ1n) is 8.27. The van der Waals surface area contributed by atoms with Crippen LogP contribution in [0.25, 0.3) is 0 Å². The quantitative estimate of drug-likeness (QED) is 0.704. The first-order chi connectivity index (χ1) is 12.8. The molecule has 0 aliphatic rings. The second kappa shape index (κ2) is 7.59. The lowest BCUT2D eigenvalue weighted by Crippen LogP contribution is -2.15. The predicted molar refractivity (Wildman–Crippen MR) is 105 cm³/mol. The summed E-state index contributed by atoms with van der Waals surface area (Å²) in [6, 6.07) is 15.0. The van der Waals surface area contributed by atoms with Crippen LogP contribution in [0.5, 0.6) is 0 Å². The fraction of sp³-hybridized carbons (Fsp3) is 0.100. The number of amides is 1. The minimum atomic E-state index is -3.71. The van der Waals surface area contributed by atoms with Gasteiger partial charge in [0.1, 0.15) is 0 Å². The predicted octanol–water partition coefficient (Wildman–Crippen LogP) is 3.75. The van der Waals surface area contributed by atoms with Crippen LogP contribution in [0.15, 0.2) is 71.9 Å². The van der Waals surface area contributed by atoms with Gasteiger partial charge in [-0.15, -0.1) is 0 Å². The maximum absolute atomic E-state index is 12.6. The smallest absolute Gasteiger partial charge is 0.262 e. The van der Waals surface area contributed by atoms with Crippen LogP contribution in [0.3, 0.4) is 0 Å². The maximum atomic E-state index is 12.6. The fourth-order valence-corrected chi connectivity index (χ4v) is 3.93. The molecule has 0 saturated carbocycles. The van der Waals surface area contributed by atoms with Crippen LogP contribution >= 0.6 is 0 Å². The number of anilines is 2. The zero-order chi connectivity index (χ0) is 19.4. The van der Waals surface area contributed by atoms with Gasteiger partial charge in [-0.1, -0.05) is 12.1 Å². The number of hydrogen-bond acceptors (Lipinski definition) is 4. The van der Waals surface area contributed by atoms with E-state index in [1.165, 1.54) is 0 Å². The molecule has 2 aromatic carbocycles. The molecule has 2 N–H and O–H groups in total. The Hall–Kier alpha value is -3.19. The van der Waals surface area contributed by atoms with E-state index in [-0.39, 0.29) is 10.8 Å². The maximum Gasteiger partial charge on any atom is 0.262 e. The molecule has 0 aliphatic heterocycles. The van der Waals surface area contributed by atoms with Gasteiger partial charge in [0.25, 0.3) is 15.9 Å². The molecule has 7 heteroatoms. The molecule has 1 amide bonds. The lowest BCUT2D eigenvalue weighted by Gasteiger charge is -2.11. The van der Waals surface area contributed by atoms with Crippen molar-refractivity contribution in [2.75, 3.05) is 10.0 Å². The first-order valence-corrected chi connectivity index (χ1v) is 9.75. The highest BCUT2D eigenvalue weighted by atomic mass is 32.2. The third kappa shape index (κ3) is 4.51. The number of pyridine rings is 1. The lowest BCUT2D eigenvalue weighted by atomic mass is 10.2. The SMILES string of the molecule is Cc1ccc(C)c(S(=O)(=O)Nc2ccc(C(=O)Nc3cccnc3)cc2)c1. The van der Waals surface area contributed by atoms with E-state index in [2.05, 4.69) is 15.0 Å². The van der Waals surface area contributed by atoms with Crippen molar-refractivity contribution in [1.82, 2.24) is 4.98 Å². The van der Waals surface area contributed by atoms with Gasteiger partial charge in [0.2, 0.25) is 0 Å². The summed E-state index contributed by atoms with van der Waals surface area (Å²) in [7, 11) is -3.71. The summed E-state index contributed by atoms with van der Waals surface area (Å²) in [5, 5.41) is 2.73. The van der Waals surface area contributed by atoms with Gasteiger partial charge in [0.15, 0.2) is 0 Å². The van der Waals surface area contributed by atoms with Gasteiger partial charge >= 0.3 is 0 Å². The Morgan fingerprint density at radius 1 is 0.963 bits per heavy atom. The lowest BCUT2D eigenvalue weighted by molar-refractivity contribution is 0.102. The Kier molecular flexibility index (Phi) is 5.23. The fourth-order valence-electron chi connectivity index (χ4n) is 2.54. The van der Waals surface area contributed by atoms with Crippen molar-refractivity contribution < 1.29 is 13.2 Å². The Balaban J connectivity index is 1.75. The van der Waals surface area contributed by atoms with Crippen LogP contribution in [-0.2, 0) is 10.0 Å². The highest BCUT2D eigenvalue weighted by Crippen LogP contribution is 2.21. The normalized spacial score (nSPS) is 11.0. The van der Waals surface area contributed by atoms with Gasteiger partial charge in [0.05, 0.1) is 16.8 Å². The second-order valence-electron chi connectivity index (χ2n) is 6.15. The van der Waals surface area contributed by atoms with Crippen molar-refractivity contribution in [2.24, 2.45) is 0 Å². The number of benzene rings is 2. The molecule has 3 aromatic rings. The summed E-state index contributed by atoms with van der Waals surface area (Å²) >= 11 is 0. The number of sulfonamides is 1. The molecule has 0 aliphatic carbocycles. The number of hydrogen-bond donors (Lipinski definition) is 2. The number of aryl methyl sites for hydroxylation is 2. The minimum absolute atomic E-state index is 0.237. The van der Waals surface area contributed by atoms with Crippen LogP contribution in [0.1, 0.15) is 21.5 Å². The molecule has 0 bridgehead atoms. The molecule has 1 heterocycles. The number of rotatable bonds is 5. The van der Waals surface area contributed by atoms with E-state index in [1.54, 1.807) is 67.8 Å². The van der Waals surface area contributed by atoms with Crippen LogP contribution in [0.2, 0.25) is 0 Å². The average molecular weight is 381 g/mol. The van der Waals surface area contributed by atoms with Crippen LogP contribution < -0.4 is 10.0 Å². The van der Waals surface area contributed by atoms with Crippen molar-refractivity contribution in [3.05, 3.63) is 83.7 Å². The van der Waals surface area contributed by atoms with Gasteiger partial charge in [-0.05, 0) is 67.4 Å². The Bertz CT molecular complexity index is 1060. The number of carbonyl (C=O) groups is 1. The summed E-state index contributed by atoms with van der Waals surface area (Å²) in [5.41, 5.74) is 2.91. The molecular formula is C20H19N3O3S. The third-order valence-corrected chi connectivity index (χ3v) is 5.48. The summed E-state index contributed by atoms with van der Waals surface area (Å²) in [4.78, 5) is 16.4. The summed E-state index contributed by atoms with van der Waals surface area (Å²) in [6.07, 6.45) is 3.16. The van der Waals surface area contributed by atoms with E-state index < -0.39 is 10.0 Å². The Morgan fingerprint density at radius 3 is 2.37 bits per heavy atom. The molecule has 1 aromatic heterocycles. The molecule has 0 fully saturated rings. The molecule has 3 rings (SSSR count). The van der Waals surface area contributed by atoms with Gasteiger partial charge < -0.3 is 5.32 Å². The monoisotopic (exact) mass is 381 g/mol. The van der Waals surface area contributed by atoms with E-state index >= 15 is 0 Å². The third-order valence-electron chi connectivity index (χ3n) is 3.95. The molecule has 0 unspecified atom stereocenters. The molecule has 6 nitrogen and oxygen atoms in total. The van der Waals surface area contributed by atoms with E-state index in [0.29, 0.717) is 22.5 Å². The highest BCUT2D eigenvalue weighted by Gasteiger charge is 2.17. The summed E-state index contributed by atoms with van der Waals surface area (Å²) in [5.74, 6) is -0.299. The average Bonchev–Trinajstić information content (AvgIpc) is 2.64. The van der Waals surface area contributed by atoms with Crippen LogP contribution in [-0.4, -0.2) is 19.3 Å². The van der Waals surface area contributed by atoms with Gasteiger partial charge in [-0.25, -0.2) is 8.42 Å². The molecule has 27 heavy (non-hydrogen) atoms. The zero-order valence-corrected chi connectivity index (χ0v) is 15.7. The van der Waals surface area contributed by atoms with Gasteiger partial charge in [0, 0.05) is 17.4 Å². The highest BCUT2D eigenvalue weighted by molar-refractivity contribution is 7.92. The minimum Gasteiger partial charge on any atom is -0.321 e. The Morgan fingerprint density at radius 2 is 1.70 bits per heavy atom. The van der Waals surface area contributed by atoms with Crippen LogP contribution in [0, 0.1) is 13.8 Å². The molecule has 0 spiro atoms. The van der Waals surface area contributed by atoms with Crippen molar-refractivity contribution in [3.63, 3.8) is 0 Å². The number of nitrogens with one attached hydrogen (secondary N) is 2. The zero-order valence-electron chi connectivity index (χ0n) is 14.9. The largest absolute Gasteiger partial charge is 0.321 e. The molecule has 138 valence electrons. The standard InChI is InChI=1S/C20H19N3O3S/c1-14-5-6-15(2)19(12-14)27(25,26)23-17-9-7-16(8-10-17)20(24)22-18-4-3-11-21-13-18/h3-13,23H,1-2H3,(H,22,24). The van der Waals surface area contributed by atoms with Crippen LogP contribution in [0.4, 0.5) is 11.4 Å². The second-order valence-corrected chi connectivity index (χ2v) is 7.80. The first kappa shape index (κ1) is 18.6. The number of nitrogens with zero attached hydrogens (tertiary/aromatic N) is 1. The topological polar surface area (TPSA) is 88.2 Å². The van der Waals surface area contributed by atoms with E-state index in [9.17, 15) is 13.2 Å². The Labute approximate surface area is 158 Å². The van der Waals surface area contributed by atoms with Crippen molar-refractivity contribution in [3.8, 4) is 0 Å². The molecule has 0 saturated heterocycles. The van der Waals surface area contributed by atoms with E-state index in [4.69, 9.17) is 0 Å². The number of aromatic nitrogens is 1. The molecule has 0 radical (unpaired) electrons. The van der Waals surface area contributed by atoms with Gasteiger partial charge in [-0.3, -0.25) is 14.5 Å².